The summed E-state index contributed by atoms with van der Waals surface area (Å²) < 4.78 is 32.2. The van der Waals surface area contributed by atoms with Crippen LogP contribution < -0.4 is 10.5 Å². The lowest BCUT2D eigenvalue weighted by Gasteiger charge is -2.52. The van der Waals surface area contributed by atoms with Gasteiger partial charge in [0.25, 0.3) is 0 Å². The average molecular weight is 276 g/mol. The summed E-state index contributed by atoms with van der Waals surface area (Å²) in [6.07, 6.45) is 2.74. The largest absolute Gasteiger partial charge is 0.376 e. The maximum absolute atomic E-state index is 11.9. The summed E-state index contributed by atoms with van der Waals surface area (Å²) in [5.74, 6) is 0.887. The minimum absolute atomic E-state index is 0.0115. The standard InChI is InChI=1S/C12H24N2O3S/c1-8(2)5-7-18(15,16)14-11-10(13)9-4-3-6-17-12(9)11/h8-12,14H,3-7,13H2,1-2H3. The van der Waals surface area contributed by atoms with Gasteiger partial charge in [-0.2, -0.15) is 0 Å². The Hall–Kier alpha value is -0.170. The number of sulfonamides is 1. The molecule has 6 heteroatoms. The van der Waals surface area contributed by atoms with Crippen LogP contribution in [0, 0.1) is 11.8 Å². The molecule has 4 unspecified atom stereocenters. The van der Waals surface area contributed by atoms with E-state index in [1.54, 1.807) is 0 Å². The van der Waals surface area contributed by atoms with Gasteiger partial charge in [-0.25, -0.2) is 13.1 Å². The van der Waals surface area contributed by atoms with Gasteiger partial charge in [0.1, 0.15) is 0 Å². The molecule has 1 heterocycles. The van der Waals surface area contributed by atoms with Crippen molar-refractivity contribution in [3.05, 3.63) is 0 Å². The quantitative estimate of drug-likeness (QED) is 0.764. The summed E-state index contributed by atoms with van der Waals surface area (Å²) in [5, 5.41) is 0. The second kappa shape index (κ2) is 5.45. The van der Waals surface area contributed by atoms with E-state index in [1.165, 1.54) is 0 Å². The molecule has 1 saturated carbocycles. The molecule has 2 rings (SSSR count). The second-order valence-corrected chi connectivity index (χ2v) is 7.74. The second-order valence-electron chi connectivity index (χ2n) is 5.86. The summed E-state index contributed by atoms with van der Waals surface area (Å²) in [7, 11) is -3.23. The smallest absolute Gasteiger partial charge is 0.212 e. The fraction of sp³-hybridized carbons (Fsp3) is 1.00. The lowest BCUT2D eigenvalue weighted by molar-refractivity contribution is -0.114. The molecule has 2 fully saturated rings. The van der Waals surface area contributed by atoms with Gasteiger partial charge in [-0.05, 0) is 25.2 Å². The molecule has 0 radical (unpaired) electrons. The van der Waals surface area contributed by atoms with E-state index in [0.29, 0.717) is 18.3 Å². The summed E-state index contributed by atoms with van der Waals surface area (Å²) in [6, 6.07) is -0.323. The van der Waals surface area contributed by atoms with Crippen molar-refractivity contribution in [1.82, 2.24) is 4.72 Å². The predicted octanol–water partition coefficient (Wildman–Crippen LogP) is 0.457. The highest BCUT2D eigenvalue weighted by molar-refractivity contribution is 7.89. The predicted molar refractivity (Wildman–Crippen MR) is 70.6 cm³/mol. The molecular weight excluding hydrogens is 252 g/mol. The summed E-state index contributed by atoms with van der Waals surface area (Å²) >= 11 is 0. The van der Waals surface area contributed by atoms with Gasteiger partial charge < -0.3 is 10.5 Å². The first kappa shape index (κ1) is 14.2. The van der Waals surface area contributed by atoms with Crippen LogP contribution in [-0.2, 0) is 14.8 Å². The summed E-state index contributed by atoms with van der Waals surface area (Å²) in [4.78, 5) is 0. The summed E-state index contributed by atoms with van der Waals surface area (Å²) in [5.41, 5.74) is 6.03. The van der Waals surface area contributed by atoms with Crippen molar-refractivity contribution in [3.8, 4) is 0 Å². The zero-order valence-corrected chi connectivity index (χ0v) is 11.9. The van der Waals surface area contributed by atoms with Crippen LogP contribution >= 0.6 is 0 Å². The molecule has 106 valence electrons. The fourth-order valence-corrected chi connectivity index (χ4v) is 4.36. The van der Waals surface area contributed by atoms with Crippen molar-refractivity contribution in [2.24, 2.45) is 17.6 Å². The van der Waals surface area contributed by atoms with E-state index in [2.05, 4.69) is 4.72 Å². The van der Waals surface area contributed by atoms with Crippen molar-refractivity contribution in [2.45, 2.75) is 51.3 Å². The summed E-state index contributed by atoms with van der Waals surface area (Å²) in [6.45, 7) is 4.76. The third-order valence-corrected chi connectivity index (χ3v) is 5.36. The first-order chi connectivity index (χ1) is 8.41. The minimum atomic E-state index is -3.23. The van der Waals surface area contributed by atoms with Crippen molar-refractivity contribution >= 4 is 10.0 Å². The van der Waals surface area contributed by atoms with Gasteiger partial charge in [-0.1, -0.05) is 13.8 Å². The molecular formula is C12H24N2O3S. The third-order valence-electron chi connectivity index (χ3n) is 3.96. The fourth-order valence-electron chi connectivity index (χ4n) is 2.75. The van der Waals surface area contributed by atoms with Gasteiger partial charge in [-0.15, -0.1) is 0 Å². The molecule has 0 bridgehead atoms. The molecule has 0 aromatic carbocycles. The maximum Gasteiger partial charge on any atom is 0.212 e. The van der Waals surface area contributed by atoms with Gasteiger partial charge in [0.05, 0.1) is 17.9 Å². The molecule has 1 saturated heterocycles. The molecule has 0 aromatic rings. The van der Waals surface area contributed by atoms with Gasteiger partial charge in [0, 0.05) is 18.6 Å². The van der Waals surface area contributed by atoms with Crippen molar-refractivity contribution in [1.29, 1.82) is 0 Å². The third kappa shape index (κ3) is 3.04. The highest BCUT2D eigenvalue weighted by atomic mass is 32.2. The lowest BCUT2D eigenvalue weighted by Crippen LogP contribution is -2.72. The van der Waals surface area contributed by atoms with E-state index in [0.717, 1.165) is 19.4 Å². The number of nitrogens with one attached hydrogen (secondary N) is 1. The van der Waals surface area contributed by atoms with Crippen molar-refractivity contribution in [3.63, 3.8) is 0 Å². The van der Waals surface area contributed by atoms with Crippen LogP contribution in [-0.4, -0.2) is 39.0 Å². The first-order valence-electron chi connectivity index (χ1n) is 6.78. The first-order valence-corrected chi connectivity index (χ1v) is 8.43. The maximum atomic E-state index is 11.9. The number of nitrogens with two attached hydrogens (primary N) is 1. The van der Waals surface area contributed by atoms with E-state index in [9.17, 15) is 8.42 Å². The van der Waals surface area contributed by atoms with Crippen molar-refractivity contribution < 1.29 is 13.2 Å². The van der Waals surface area contributed by atoms with E-state index >= 15 is 0 Å². The van der Waals surface area contributed by atoms with Crippen molar-refractivity contribution in [2.75, 3.05) is 12.4 Å². The molecule has 18 heavy (non-hydrogen) atoms. The number of hydrogen-bond donors (Lipinski definition) is 2. The normalized spacial score (nSPS) is 36.2. The molecule has 0 aromatic heterocycles. The van der Waals surface area contributed by atoms with Crippen LogP contribution in [0.2, 0.25) is 0 Å². The van der Waals surface area contributed by atoms with Crippen LogP contribution in [0.1, 0.15) is 33.1 Å². The Morgan fingerprint density at radius 1 is 1.44 bits per heavy atom. The Kier molecular flexibility index (Phi) is 4.31. The number of fused-ring (bicyclic) bond motifs is 1. The SMILES string of the molecule is CC(C)CCS(=O)(=O)NC1C(N)C2CCCOC21. The van der Waals surface area contributed by atoms with Gasteiger partial charge in [0.15, 0.2) is 0 Å². The molecule has 0 spiro atoms. The van der Waals surface area contributed by atoms with Crippen LogP contribution in [0.25, 0.3) is 0 Å². The highest BCUT2D eigenvalue weighted by Crippen LogP contribution is 2.37. The van der Waals surface area contributed by atoms with Crippen LogP contribution in [0.5, 0.6) is 0 Å². The van der Waals surface area contributed by atoms with Gasteiger partial charge >= 0.3 is 0 Å². The molecule has 4 atom stereocenters. The zero-order valence-electron chi connectivity index (χ0n) is 11.1. The van der Waals surface area contributed by atoms with E-state index in [-0.39, 0.29) is 23.9 Å². The average Bonchev–Trinajstić information content (AvgIpc) is 2.33. The van der Waals surface area contributed by atoms with E-state index in [4.69, 9.17) is 10.5 Å². The lowest BCUT2D eigenvalue weighted by atomic mass is 9.69. The molecule has 3 N–H and O–H groups in total. The van der Waals surface area contributed by atoms with Crippen LogP contribution in [0.15, 0.2) is 0 Å². The Morgan fingerprint density at radius 3 is 2.83 bits per heavy atom. The molecule has 2 aliphatic rings. The number of hydrogen-bond acceptors (Lipinski definition) is 4. The minimum Gasteiger partial charge on any atom is -0.376 e. The van der Waals surface area contributed by atoms with Crippen LogP contribution in [0.4, 0.5) is 0 Å². The zero-order chi connectivity index (χ0) is 13.3. The Morgan fingerprint density at radius 2 is 2.17 bits per heavy atom. The Bertz CT molecular complexity index is 383. The number of ether oxygens (including phenoxy) is 1. The van der Waals surface area contributed by atoms with E-state index in [1.807, 2.05) is 13.8 Å². The molecule has 1 aliphatic carbocycles. The molecule has 1 aliphatic heterocycles. The number of rotatable bonds is 5. The van der Waals surface area contributed by atoms with Gasteiger partial charge in [0.2, 0.25) is 10.0 Å². The highest BCUT2D eigenvalue weighted by Gasteiger charge is 2.51. The monoisotopic (exact) mass is 276 g/mol. The van der Waals surface area contributed by atoms with Gasteiger partial charge in [-0.3, -0.25) is 0 Å². The van der Waals surface area contributed by atoms with E-state index < -0.39 is 10.0 Å². The molecule has 5 nitrogen and oxygen atoms in total. The Balaban J connectivity index is 1.89. The topological polar surface area (TPSA) is 81.4 Å². The van der Waals surface area contributed by atoms with Crippen LogP contribution in [0.3, 0.4) is 0 Å². The Labute approximate surface area is 110 Å². The molecule has 0 amide bonds.